The van der Waals surface area contributed by atoms with Crippen LogP contribution in [-0.4, -0.2) is 73.9 Å². The highest BCUT2D eigenvalue weighted by Gasteiger charge is 2.29. The second-order valence-corrected chi connectivity index (χ2v) is 6.14. The summed E-state index contributed by atoms with van der Waals surface area (Å²) in [5.41, 5.74) is 0. The van der Waals surface area contributed by atoms with E-state index in [2.05, 4.69) is 17.1 Å². The van der Waals surface area contributed by atoms with Gasteiger partial charge in [0.2, 0.25) is 5.76 Å². The smallest absolute Gasteiger partial charge is 0.292 e. The van der Waals surface area contributed by atoms with Crippen molar-refractivity contribution in [3.8, 4) is 5.88 Å². The van der Waals surface area contributed by atoms with E-state index in [1.54, 1.807) is 4.90 Å². The van der Waals surface area contributed by atoms with E-state index in [1.165, 1.54) is 26.0 Å². The maximum Gasteiger partial charge on any atom is 0.292 e. The number of amides is 1. The topological polar surface area (TPSA) is 68.0 Å². The number of methoxy groups -OCH3 is 1. The van der Waals surface area contributed by atoms with Gasteiger partial charge in [0.05, 0.1) is 25.9 Å². The van der Waals surface area contributed by atoms with E-state index in [9.17, 15) is 4.79 Å². The highest BCUT2D eigenvalue weighted by atomic mass is 16.5. The van der Waals surface area contributed by atoms with Gasteiger partial charge < -0.3 is 23.8 Å². The quantitative estimate of drug-likeness (QED) is 0.776. The summed E-state index contributed by atoms with van der Waals surface area (Å²) in [5.74, 6) is 1.23. The number of carbonyl (C=O) groups excluding carboxylic acids is 1. The van der Waals surface area contributed by atoms with E-state index in [1.807, 2.05) is 0 Å². The Morgan fingerprint density at radius 3 is 3.00 bits per heavy atom. The lowest BCUT2D eigenvalue weighted by Gasteiger charge is -2.34. The average molecular weight is 309 g/mol. The summed E-state index contributed by atoms with van der Waals surface area (Å²) in [6.45, 7) is 3.67. The van der Waals surface area contributed by atoms with Crippen LogP contribution in [0.2, 0.25) is 0 Å². The standard InChI is InChI=1S/C15H23N3O4/c1-17(8-11-3-4-11)9-12-10-18(5-6-21-12)15(19)13-7-14(20-2)16-22-13/h7,11-12H,3-6,8-10H2,1-2H3. The Morgan fingerprint density at radius 1 is 1.50 bits per heavy atom. The lowest BCUT2D eigenvalue weighted by Crippen LogP contribution is -2.49. The lowest BCUT2D eigenvalue weighted by atomic mass is 10.2. The van der Waals surface area contributed by atoms with Crippen molar-refractivity contribution >= 4 is 5.91 Å². The van der Waals surface area contributed by atoms with Crippen molar-refractivity contribution < 1.29 is 18.8 Å². The highest BCUT2D eigenvalue weighted by Crippen LogP contribution is 2.29. The van der Waals surface area contributed by atoms with Crippen molar-refractivity contribution in [2.24, 2.45) is 5.92 Å². The number of likely N-dealkylation sites (N-methyl/N-ethyl adjacent to an activating group) is 1. The molecule has 0 spiro atoms. The molecule has 0 bridgehead atoms. The molecule has 22 heavy (non-hydrogen) atoms. The molecule has 122 valence electrons. The molecule has 2 aliphatic rings. The van der Waals surface area contributed by atoms with Gasteiger partial charge in [0.1, 0.15) is 0 Å². The van der Waals surface area contributed by atoms with Crippen molar-refractivity contribution in [1.82, 2.24) is 15.0 Å². The molecule has 7 heteroatoms. The summed E-state index contributed by atoms with van der Waals surface area (Å²) in [6.07, 6.45) is 2.73. The van der Waals surface area contributed by atoms with Crippen LogP contribution >= 0.6 is 0 Å². The first-order chi connectivity index (χ1) is 10.7. The monoisotopic (exact) mass is 309 g/mol. The molecule has 1 aliphatic heterocycles. The van der Waals surface area contributed by atoms with Crippen molar-refractivity contribution in [1.29, 1.82) is 0 Å². The van der Waals surface area contributed by atoms with E-state index in [0.717, 1.165) is 19.0 Å². The van der Waals surface area contributed by atoms with E-state index < -0.39 is 0 Å². The number of nitrogens with zero attached hydrogens (tertiary/aromatic N) is 3. The first kappa shape index (κ1) is 15.3. The molecule has 2 fully saturated rings. The van der Waals surface area contributed by atoms with E-state index in [-0.39, 0.29) is 17.8 Å². The molecule has 7 nitrogen and oxygen atoms in total. The Hall–Kier alpha value is -1.60. The minimum absolute atomic E-state index is 0.0475. The minimum atomic E-state index is -0.158. The maximum absolute atomic E-state index is 12.4. The van der Waals surface area contributed by atoms with Gasteiger partial charge in [-0.2, -0.15) is 0 Å². The molecule has 2 heterocycles. The predicted octanol–water partition coefficient (Wildman–Crippen LogP) is 0.866. The maximum atomic E-state index is 12.4. The average Bonchev–Trinajstić information content (AvgIpc) is 3.19. The number of aromatic nitrogens is 1. The summed E-state index contributed by atoms with van der Waals surface area (Å²) in [6, 6.07) is 1.52. The van der Waals surface area contributed by atoms with Crippen LogP contribution < -0.4 is 4.74 Å². The number of ether oxygens (including phenoxy) is 2. The first-order valence-electron chi connectivity index (χ1n) is 7.76. The summed E-state index contributed by atoms with van der Waals surface area (Å²) < 4.78 is 15.8. The van der Waals surface area contributed by atoms with Crippen LogP contribution in [0.5, 0.6) is 5.88 Å². The Labute approximate surface area is 130 Å². The zero-order valence-corrected chi connectivity index (χ0v) is 13.2. The molecule has 0 radical (unpaired) electrons. The van der Waals surface area contributed by atoms with Gasteiger partial charge in [0.25, 0.3) is 11.8 Å². The zero-order valence-electron chi connectivity index (χ0n) is 13.2. The van der Waals surface area contributed by atoms with Gasteiger partial charge in [0.15, 0.2) is 0 Å². The van der Waals surface area contributed by atoms with Gasteiger partial charge in [-0.25, -0.2) is 0 Å². The van der Waals surface area contributed by atoms with Crippen LogP contribution in [0.3, 0.4) is 0 Å². The molecule has 0 aromatic carbocycles. The SMILES string of the molecule is COc1cc(C(=O)N2CCOC(CN(C)CC3CC3)C2)on1. The third kappa shape index (κ3) is 3.78. The Kier molecular flexibility index (Phi) is 4.63. The third-order valence-corrected chi connectivity index (χ3v) is 4.12. The number of hydrogen-bond donors (Lipinski definition) is 0. The summed E-state index contributed by atoms with van der Waals surface area (Å²) in [7, 11) is 3.61. The lowest BCUT2D eigenvalue weighted by molar-refractivity contribution is -0.0343. The largest absolute Gasteiger partial charge is 0.479 e. The second-order valence-electron chi connectivity index (χ2n) is 6.14. The molecule has 1 saturated heterocycles. The molecule has 0 N–H and O–H groups in total. The van der Waals surface area contributed by atoms with Gasteiger partial charge in [-0.15, -0.1) is 0 Å². The van der Waals surface area contributed by atoms with Gasteiger partial charge in [0, 0.05) is 26.2 Å². The second kappa shape index (κ2) is 6.66. The molecule has 1 aromatic rings. The Morgan fingerprint density at radius 2 is 2.32 bits per heavy atom. The van der Waals surface area contributed by atoms with Gasteiger partial charge >= 0.3 is 0 Å². The summed E-state index contributed by atoms with van der Waals surface area (Å²) in [5, 5.41) is 3.67. The normalized spacial score (nSPS) is 22.1. The van der Waals surface area contributed by atoms with Gasteiger partial charge in [-0.1, -0.05) is 0 Å². The van der Waals surface area contributed by atoms with E-state index in [0.29, 0.717) is 25.6 Å². The third-order valence-electron chi connectivity index (χ3n) is 4.12. The van der Waals surface area contributed by atoms with Crippen molar-refractivity contribution in [2.45, 2.75) is 18.9 Å². The number of hydrogen-bond acceptors (Lipinski definition) is 6. The zero-order chi connectivity index (χ0) is 15.5. The van der Waals surface area contributed by atoms with Crippen LogP contribution in [0.25, 0.3) is 0 Å². The molecule has 1 aromatic heterocycles. The Balaban J connectivity index is 1.53. The van der Waals surface area contributed by atoms with Crippen molar-refractivity contribution in [3.05, 3.63) is 11.8 Å². The van der Waals surface area contributed by atoms with Crippen LogP contribution in [0.1, 0.15) is 23.4 Å². The highest BCUT2D eigenvalue weighted by molar-refractivity contribution is 5.91. The number of rotatable bonds is 6. The van der Waals surface area contributed by atoms with E-state index >= 15 is 0 Å². The summed E-state index contributed by atoms with van der Waals surface area (Å²) >= 11 is 0. The van der Waals surface area contributed by atoms with Crippen molar-refractivity contribution in [2.75, 3.05) is 46.9 Å². The Bertz CT molecular complexity index is 515. The first-order valence-corrected chi connectivity index (χ1v) is 7.76. The summed E-state index contributed by atoms with van der Waals surface area (Å²) in [4.78, 5) is 16.5. The predicted molar refractivity (Wildman–Crippen MR) is 78.9 cm³/mol. The molecule has 3 rings (SSSR count). The number of morpholine rings is 1. The fourth-order valence-corrected chi connectivity index (χ4v) is 2.79. The fourth-order valence-electron chi connectivity index (χ4n) is 2.79. The van der Waals surface area contributed by atoms with Gasteiger partial charge in [-0.05, 0) is 31.0 Å². The van der Waals surface area contributed by atoms with Crippen LogP contribution in [0.4, 0.5) is 0 Å². The molecular weight excluding hydrogens is 286 g/mol. The van der Waals surface area contributed by atoms with E-state index in [4.69, 9.17) is 14.0 Å². The van der Waals surface area contributed by atoms with Crippen LogP contribution in [0.15, 0.2) is 10.6 Å². The molecule has 1 aliphatic carbocycles. The van der Waals surface area contributed by atoms with Gasteiger partial charge in [-0.3, -0.25) is 4.79 Å². The fraction of sp³-hybridized carbons (Fsp3) is 0.733. The molecule has 1 saturated carbocycles. The minimum Gasteiger partial charge on any atom is -0.479 e. The molecule has 1 amide bonds. The van der Waals surface area contributed by atoms with Crippen LogP contribution in [0, 0.1) is 5.92 Å². The molecule has 1 atom stereocenters. The number of carbonyl (C=O) groups is 1. The molecular formula is C15H23N3O4. The van der Waals surface area contributed by atoms with Crippen LogP contribution in [-0.2, 0) is 4.74 Å². The molecule has 1 unspecified atom stereocenters. The van der Waals surface area contributed by atoms with Crippen molar-refractivity contribution in [3.63, 3.8) is 0 Å².